The first-order chi connectivity index (χ1) is 20.2. The molecule has 0 bridgehead atoms. The van der Waals surface area contributed by atoms with E-state index in [1.807, 2.05) is 29.2 Å². The highest BCUT2D eigenvalue weighted by Crippen LogP contribution is 2.37. The SMILES string of the molecule is CN(CC(C)(CCN1CCC2C(CCN2C(=O)O[C@H]2CO[C@H]3OCC[C@H]32)C1)c1ccccc1)S(=O)(=O)c1ccccc1. The van der Waals surface area contributed by atoms with E-state index in [1.54, 1.807) is 31.3 Å². The molecule has 0 radical (unpaired) electrons. The standard InChI is InChI=1S/C32H43N3O6S/c1-32(25-9-5-3-6-10-25,23-33(2)42(37,38)26-11-7-4-8-12-26)16-19-34-17-14-28-24(21-34)13-18-35(28)31(36)41-29-22-40-30-27(29)15-20-39-30/h3-12,24,27-30H,13-23H2,1-2H3/t24?,27-,28?,29-,30+,32?/m0/s1. The summed E-state index contributed by atoms with van der Waals surface area (Å²) in [6.07, 6.45) is 2.93. The Balaban J connectivity index is 1.07. The van der Waals surface area contributed by atoms with Gasteiger partial charge < -0.3 is 24.0 Å². The molecule has 4 aliphatic rings. The van der Waals surface area contributed by atoms with E-state index < -0.39 is 10.0 Å². The van der Waals surface area contributed by atoms with Crippen LogP contribution in [0.1, 0.15) is 38.2 Å². The van der Waals surface area contributed by atoms with Crippen LogP contribution in [0.15, 0.2) is 65.6 Å². The predicted molar refractivity (Wildman–Crippen MR) is 158 cm³/mol. The van der Waals surface area contributed by atoms with Gasteiger partial charge in [-0.1, -0.05) is 55.5 Å². The van der Waals surface area contributed by atoms with Crippen LogP contribution >= 0.6 is 0 Å². The van der Waals surface area contributed by atoms with Gasteiger partial charge in [-0.25, -0.2) is 17.5 Å². The maximum atomic E-state index is 13.4. The lowest BCUT2D eigenvalue weighted by molar-refractivity contribution is -0.0907. The fraction of sp³-hybridized carbons (Fsp3) is 0.594. The molecule has 2 aromatic carbocycles. The van der Waals surface area contributed by atoms with E-state index in [9.17, 15) is 13.2 Å². The molecule has 10 heteroatoms. The Labute approximate surface area is 249 Å². The summed E-state index contributed by atoms with van der Waals surface area (Å²) in [6.45, 7) is 7.05. The third-order valence-corrected chi connectivity index (χ3v) is 11.7. The zero-order valence-electron chi connectivity index (χ0n) is 24.6. The van der Waals surface area contributed by atoms with E-state index in [0.29, 0.717) is 30.6 Å². The Kier molecular flexibility index (Phi) is 8.62. The van der Waals surface area contributed by atoms with Crippen molar-refractivity contribution in [2.75, 3.05) is 53.0 Å². The summed E-state index contributed by atoms with van der Waals surface area (Å²) in [4.78, 5) is 17.9. The molecule has 0 aromatic heterocycles. The molecule has 3 unspecified atom stereocenters. The molecule has 6 atom stereocenters. The lowest BCUT2D eigenvalue weighted by atomic mass is 9.79. The third-order valence-electron chi connectivity index (χ3n) is 9.86. The second kappa shape index (κ2) is 12.2. The van der Waals surface area contributed by atoms with Gasteiger partial charge in [0.1, 0.15) is 6.10 Å². The minimum absolute atomic E-state index is 0.148. The number of benzene rings is 2. The van der Waals surface area contributed by atoms with Crippen molar-refractivity contribution in [1.82, 2.24) is 14.1 Å². The minimum Gasteiger partial charge on any atom is -0.443 e. The molecule has 4 saturated heterocycles. The van der Waals surface area contributed by atoms with Crippen LogP contribution in [0.4, 0.5) is 4.79 Å². The maximum absolute atomic E-state index is 13.4. The van der Waals surface area contributed by atoms with Crippen molar-refractivity contribution in [2.45, 2.75) is 61.4 Å². The number of nitrogens with zero attached hydrogens (tertiary/aromatic N) is 3. The second-order valence-corrected chi connectivity index (χ2v) is 14.6. The van der Waals surface area contributed by atoms with Gasteiger partial charge in [-0.05, 0) is 55.8 Å². The highest BCUT2D eigenvalue weighted by Gasteiger charge is 2.47. The molecule has 4 fully saturated rings. The monoisotopic (exact) mass is 597 g/mol. The van der Waals surface area contributed by atoms with Gasteiger partial charge >= 0.3 is 6.09 Å². The molecule has 4 heterocycles. The molecule has 0 saturated carbocycles. The highest BCUT2D eigenvalue weighted by molar-refractivity contribution is 7.89. The number of amides is 1. The first kappa shape index (κ1) is 29.6. The quantitative estimate of drug-likeness (QED) is 0.433. The predicted octanol–water partition coefficient (Wildman–Crippen LogP) is 3.95. The summed E-state index contributed by atoms with van der Waals surface area (Å²) < 4.78 is 45.4. The Morgan fingerprint density at radius 2 is 1.76 bits per heavy atom. The third kappa shape index (κ3) is 5.97. The number of piperidine rings is 1. The average Bonchev–Trinajstić information content (AvgIpc) is 3.74. The van der Waals surface area contributed by atoms with E-state index in [0.717, 1.165) is 57.4 Å². The Morgan fingerprint density at radius 1 is 1.02 bits per heavy atom. The maximum Gasteiger partial charge on any atom is 0.410 e. The van der Waals surface area contributed by atoms with Crippen LogP contribution in [-0.2, 0) is 29.6 Å². The van der Waals surface area contributed by atoms with Gasteiger partial charge in [0.25, 0.3) is 0 Å². The second-order valence-electron chi connectivity index (χ2n) is 12.6. The summed E-state index contributed by atoms with van der Waals surface area (Å²) >= 11 is 0. The van der Waals surface area contributed by atoms with Crippen molar-refractivity contribution in [3.63, 3.8) is 0 Å². The van der Waals surface area contributed by atoms with Gasteiger partial charge in [0.2, 0.25) is 10.0 Å². The first-order valence-electron chi connectivity index (χ1n) is 15.2. The lowest BCUT2D eigenvalue weighted by Gasteiger charge is -2.40. The molecule has 9 nitrogen and oxygen atoms in total. The van der Waals surface area contributed by atoms with Crippen molar-refractivity contribution < 1.29 is 27.4 Å². The summed E-state index contributed by atoms with van der Waals surface area (Å²) in [6, 6.07) is 19.1. The number of likely N-dealkylation sites (N-methyl/N-ethyl adjacent to an activating group) is 1. The zero-order chi connectivity index (χ0) is 29.3. The molecule has 0 aliphatic carbocycles. The van der Waals surface area contributed by atoms with Gasteiger partial charge in [-0.2, -0.15) is 0 Å². The molecule has 6 rings (SSSR count). The summed E-state index contributed by atoms with van der Waals surface area (Å²) in [5.74, 6) is 0.563. The minimum atomic E-state index is -3.61. The first-order valence-corrected chi connectivity index (χ1v) is 16.7. The smallest absolute Gasteiger partial charge is 0.410 e. The Morgan fingerprint density at radius 3 is 2.52 bits per heavy atom. The fourth-order valence-corrected chi connectivity index (χ4v) is 8.66. The number of likely N-dealkylation sites (tertiary alicyclic amines) is 2. The van der Waals surface area contributed by atoms with Gasteiger partial charge in [0.15, 0.2) is 6.29 Å². The molecule has 4 aliphatic heterocycles. The topological polar surface area (TPSA) is 88.6 Å². The van der Waals surface area contributed by atoms with Gasteiger partial charge in [-0.15, -0.1) is 0 Å². The molecule has 0 spiro atoms. The van der Waals surface area contributed by atoms with Gasteiger partial charge in [0, 0.05) is 44.7 Å². The van der Waals surface area contributed by atoms with E-state index in [4.69, 9.17) is 14.2 Å². The number of rotatable bonds is 9. The highest BCUT2D eigenvalue weighted by atomic mass is 32.2. The summed E-state index contributed by atoms with van der Waals surface area (Å²) in [5, 5.41) is 0. The fourth-order valence-electron chi connectivity index (χ4n) is 7.34. The number of carbonyl (C=O) groups excluding carboxylic acids is 1. The van der Waals surface area contributed by atoms with Crippen LogP contribution in [0.3, 0.4) is 0 Å². The van der Waals surface area contributed by atoms with Crippen LogP contribution in [0.5, 0.6) is 0 Å². The number of fused-ring (bicyclic) bond motifs is 2. The molecule has 42 heavy (non-hydrogen) atoms. The molecule has 2 aromatic rings. The number of ether oxygens (including phenoxy) is 3. The van der Waals surface area contributed by atoms with Crippen molar-refractivity contribution in [1.29, 1.82) is 0 Å². The Bertz CT molecular complexity index is 1330. The van der Waals surface area contributed by atoms with E-state index >= 15 is 0 Å². The van der Waals surface area contributed by atoms with E-state index in [1.165, 1.54) is 4.31 Å². The summed E-state index contributed by atoms with van der Waals surface area (Å²) in [5.41, 5.74) is 0.765. The number of carbonyl (C=O) groups is 1. The van der Waals surface area contributed by atoms with Crippen LogP contribution in [-0.4, -0.2) is 100 Å². The summed E-state index contributed by atoms with van der Waals surface area (Å²) in [7, 11) is -1.93. The normalized spacial score (nSPS) is 29.3. The molecule has 0 N–H and O–H groups in total. The van der Waals surface area contributed by atoms with Crippen LogP contribution in [0.25, 0.3) is 0 Å². The van der Waals surface area contributed by atoms with Crippen molar-refractivity contribution in [3.8, 4) is 0 Å². The molecular formula is C32H43N3O6S. The van der Waals surface area contributed by atoms with Crippen LogP contribution in [0, 0.1) is 11.8 Å². The van der Waals surface area contributed by atoms with E-state index in [2.05, 4.69) is 24.0 Å². The molecule has 1 amide bonds. The number of hydrogen-bond donors (Lipinski definition) is 0. The molecule has 228 valence electrons. The zero-order valence-corrected chi connectivity index (χ0v) is 25.5. The Hall–Kier alpha value is -2.50. The number of sulfonamides is 1. The van der Waals surface area contributed by atoms with Crippen molar-refractivity contribution in [2.24, 2.45) is 11.8 Å². The van der Waals surface area contributed by atoms with Gasteiger partial charge in [0.05, 0.1) is 24.0 Å². The van der Waals surface area contributed by atoms with Crippen LogP contribution in [0.2, 0.25) is 0 Å². The number of hydrogen-bond acceptors (Lipinski definition) is 7. The van der Waals surface area contributed by atoms with Gasteiger partial charge in [-0.3, -0.25) is 0 Å². The van der Waals surface area contributed by atoms with Crippen molar-refractivity contribution >= 4 is 16.1 Å². The largest absolute Gasteiger partial charge is 0.443 e. The van der Waals surface area contributed by atoms with E-state index in [-0.39, 0.29) is 35.9 Å². The average molecular weight is 598 g/mol. The van der Waals surface area contributed by atoms with Crippen LogP contribution < -0.4 is 0 Å². The van der Waals surface area contributed by atoms with Crippen molar-refractivity contribution in [3.05, 3.63) is 66.2 Å². The molecular weight excluding hydrogens is 554 g/mol. The lowest BCUT2D eigenvalue weighted by Crippen LogP contribution is -2.49.